The molecule has 0 unspecified atom stereocenters. The molecule has 0 spiro atoms. The number of pyridine rings is 1. The van der Waals surface area contributed by atoms with Crippen LogP contribution in [0.15, 0.2) is 36.4 Å². The zero-order chi connectivity index (χ0) is 21.0. The van der Waals surface area contributed by atoms with Gasteiger partial charge >= 0.3 is 12.1 Å². The second kappa shape index (κ2) is 8.81. The average Bonchev–Trinajstić information content (AvgIpc) is 2.72. The molecular weight excluding hydrogens is 374 g/mol. The van der Waals surface area contributed by atoms with Crippen LogP contribution in [0.1, 0.15) is 28.4 Å². The number of esters is 1. The number of aryl methyl sites for hydroxylation is 1. The standard InChI is InChI=1S/C21H25N3O5/c1-14-11-16(20(25)28-3)7-8-17(14)13-29-19-6-4-5-18(22-19)23-9-10-24(21(26)27)15(2)12-23/h4-8,11,15H,9-10,12-13H2,1-3H3,(H,26,27)/t15-/m0/s1. The van der Waals surface area contributed by atoms with Crippen LogP contribution in [0.2, 0.25) is 0 Å². The maximum absolute atomic E-state index is 11.6. The Morgan fingerprint density at radius 2 is 2.03 bits per heavy atom. The van der Waals surface area contributed by atoms with Gasteiger partial charge in [0, 0.05) is 31.7 Å². The fourth-order valence-corrected chi connectivity index (χ4v) is 3.36. The fourth-order valence-electron chi connectivity index (χ4n) is 3.36. The van der Waals surface area contributed by atoms with E-state index in [0.29, 0.717) is 37.7 Å². The molecule has 1 fully saturated rings. The number of amides is 1. The molecule has 1 aliphatic rings. The van der Waals surface area contributed by atoms with Crippen molar-refractivity contribution in [2.45, 2.75) is 26.5 Å². The number of carboxylic acid groups (broad SMARTS) is 1. The number of carbonyl (C=O) groups is 2. The third kappa shape index (κ3) is 4.77. The Morgan fingerprint density at radius 1 is 1.24 bits per heavy atom. The highest BCUT2D eigenvalue weighted by atomic mass is 16.5. The lowest BCUT2D eigenvalue weighted by Gasteiger charge is -2.38. The Bertz CT molecular complexity index is 902. The molecule has 1 atom stereocenters. The van der Waals surface area contributed by atoms with Crippen LogP contribution in [0.4, 0.5) is 10.6 Å². The molecule has 1 aromatic carbocycles. The van der Waals surface area contributed by atoms with Crippen LogP contribution < -0.4 is 9.64 Å². The SMILES string of the molecule is COC(=O)c1ccc(COc2cccc(N3CCN(C(=O)O)[C@@H](C)C3)n2)c(C)c1. The summed E-state index contributed by atoms with van der Waals surface area (Å²) in [6, 6.07) is 10.8. The summed E-state index contributed by atoms with van der Waals surface area (Å²) in [6.07, 6.45) is -0.893. The Balaban J connectivity index is 1.65. The minimum atomic E-state index is -0.893. The van der Waals surface area contributed by atoms with E-state index in [9.17, 15) is 14.7 Å². The molecule has 0 saturated carbocycles. The molecule has 0 radical (unpaired) electrons. The molecule has 1 N–H and O–H groups in total. The molecule has 1 aromatic heterocycles. The van der Waals surface area contributed by atoms with Crippen LogP contribution >= 0.6 is 0 Å². The highest BCUT2D eigenvalue weighted by Crippen LogP contribution is 2.21. The number of hydrogen-bond donors (Lipinski definition) is 1. The summed E-state index contributed by atoms with van der Waals surface area (Å²) in [5, 5.41) is 9.22. The normalized spacial score (nSPS) is 16.4. The van der Waals surface area contributed by atoms with Crippen molar-refractivity contribution in [2.24, 2.45) is 0 Å². The molecule has 1 amide bonds. The first-order valence-electron chi connectivity index (χ1n) is 9.41. The third-order valence-corrected chi connectivity index (χ3v) is 5.05. The predicted octanol–water partition coefficient (Wildman–Crippen LogP) is 2.94. The molecule has 1 saturated heterocycles. The van der Waals surface area contributed by atoms with Gasteiger partial charge in [-0.25, -0.2) is 9.59 Å². The number of anilines is 1. The van der Waals surface area contributed by atoms with Crippen LogP contribution in [0.5, 0.6) is 5.88 Å². The molecule has 154 valence electrons. The molecule has 2 heterocycles. The van der Waals surface area contributed by atoms with E-state index in [1.165, 1.54) is 12.0 Å². The zero-order valence-electron chi connectivity index (χ0n) is 16.8. The highest BCUT2D eigenvalue weighted by molar-refractivity contribution is 5.89. The predicted molar refractivity (Wildman–Crippen MR) is 107 cm³/mol. The number of carbonyl (C=O) groups excluding carboxylic acids is 1. The van der Waals surface area contributed by atoms with Crippen LogP contribution in [0, 0.1) is 6.92 Å². The monoisotopic (exact) mass is 399 g/mol. The van der Waals surface area contributed by atoms with Crippen molar-refractivity contribution < 1.29 is 24.2 Å². The summed E-state index contributed by atoms with van der Waals surface area (Å²) in [5.74, 6) is 0.886. The van der Waals surface area contributed by atoms with Gasteiger partial charge in [0.25, 0.3) is 0 Å². The molecule has 0 bridgehead atoms. The highest BCUT2D eigenvalue weighted by Gasteiger charge is 2.27. The van der Waals surface area contributed by atoms with Crippen LogP contribution in [0.3, 0.4) is 0 Å². The van der Waals surface area contributed by atoms with Gasteiger partial charge in [0.15, 0.2) is 0 Å². The van der Waals surface area contributed by atoms with Crippen molar-refractivity contribution >= 4 is 17.9 Å². The first-order chi connectivity index (χ1) is 13.9. The minimum Gasteiger partial charge on any atom is -0.473 e. The van der Waals surface area contributed by atoms with E-state index >= 15 is 0 Å². The second-order valence-corrected chi connectivity index (χ2v) is 7.03. The van der Waals surface area contributed by atoms with Crippen molar-refractivity contribution in [3.05, 3.63) is 53.1 Å². The van der Waals surface area contributed by atoms with Gasteiger partial charge in [0.05, 0.1) is 12.7 Å². The van der Waals surface area contributed by atoms with Crippen LogP contribution in [0.25, 0.3) is 0 Å². The number of ether oxygens (including phenoxy) is 2. The summed E-state index contributed by atoms with van der Waals surface area (Å²) in [5.41, 5.74) is 2.39. The largest absolute Gasteiger partial charge is 0.473 e. The van der Waals surface area contributed by atoms with Crippen LogP contribution in [-0.2, 0) is 11.3 Å². The summed E-state index contributed by atoms with van der Waals surface area (Å²) < 4.78 is 10.6. The quantitative estimate of drug-likeness (QED) is 0.773. The maximum atomic E-state index is 11.6. The summed E-state index contributed by atoms with van der Waals surface area (Å²) >= 11 is 0. The third-order valence-electron chi connectivity index (χ3n) is 5.05. The van der Waals surface area contributed by atoms with Gasteiger partial charge in [-0.15, -0.1) is 0 Å². The summed E-state index contributed by atoms with van der Waals surface area (Å²) in [6.45, 7) is 5.74. The van der Waals surface area contributed by atoms with Gasteiger partial charge < -0.3 is 24.4 Å². The number of aromatic nitrogens is 1. The first-order valence-corrected chi connectivity index (χ1v) is 9.41. The number of nitrogens with zero attached hydrogens (tertiary/aromatic N) is 3. The maximum Gasteiger partial charge on any atom is 0.407 e. The van der Waals surface area contributed by atoms with Crippen molar-refractivity contribution in [1.29, 1.82) is 0 Å². The summed E-state index contributed by atoms with van der Waals surface area (Å²) in [4.78, 5) is 30.9. The number of methoxy groups -OCH3 is 1. The molecule has 29 heavy (non-hydrogen) atoms. The number of piperazine rings is 1. The van der Waals surface area contributed by atoms with E-state index in [4.69, 9.17) is 9.47 Å². The molecule has 8 nitrogen and oxygen atoms in total. The topological polar surface area (TPSA) is 92.2 Å². The molecule has 3 rings (SSSR count). The minimum absolute atomic E-state index is 0.108. The molecule has 8 heteroatoms. The second-order valence-electron chi connectivity index (χ2n) is 7.03. The van der Waals surface area contributed by atoms with Crippen molar-refractivity contribution in [2.75, 3.05) is 31.6 Å². The Hall–Kier alpha value is -3.29. The van der Waals surface area contributed by atoms with Crippen LogP contribution in [-0.4, -0.2) is 59.8 Å². The van der Waals surface area contributed by atoms with Crippen molar-refractivity contribution in [1.82, 2.24) is 9.88 Å². The van der Waals surface area contributed by atoms with Gasteiger partial charge in [-0.05, 0) is 43.2 Å². The molecular formula is C21H25N3O5. The number of hydrogen-bond acceptors (Lipinski definition) is 6. The van der Waals surface area contributed by atoms with E-state index < -0.39 is 6.09 Å². The van der Waals surface area contributed by atoms with Gasteiger partial charge in [0.2, 0.25) is 5.88 Å². The first kappa shape index (κ1) is 20.4. The number of benzene rings is 1. The van der Waals surface area contributed by atoms with E-state index in [-0.39, 0.29) is 12.0 Å². The van der Waals surface area contributed by atoms with Gasteiger partial charge in [-0.2, -0.15) is 4.98 Å². The lowest BCUT2D eigenvalue weighted by Crippen LogP contribution is -2.53. The van der Waals surface area contributed by atoms with Crippen molar-refractivity contribution in [3.8, 4) is 5.88 Å². The Labute approximate surface area is 169 Å². The van der Waals surface area contributed by atoms with Gasteiger partial charge in [0.1, 0.15) is 12.4 Å². The molecule has 0 aliphatic carbocycles. The van der Waals surface area contributed by atoms with Gasteiger partial charge in [-0.1, -0.05) is 12.1 Å². The zero-order valence-corrected chi connectivity index (χ0v) is 16.8. The lowest BCUT2D eigenvalue weighted by atomic mass is 10.1. The number of rotatable bonds is 5. The average molecular weight is 399 g/mol. The lowest BCUT2D eigenvalue weighted by molar-refractivity contribution is 0.0600. The van der Waals surface area contributed by atoms with E-state index in [1.54, 1.807) is 18.2 Å². The summed E-state index contributed by atoms with van der Waals surface area (Å²) in [7, 11) is 1.36. The van der Waals surface area contributed by atoms with E-state index in [0.717, 1.165) is 16.9 Å². The van der Waals surface area contributed by atoms with E-state index in [2.05, 4.69) is 9.88 Å². The van der Waals surface area contributed by atoms with E-state index in [1.807, 2.05) is 32.0 Å². The fraction of sp³-hybridized carbons (Fsp3) is 0.381. The Morgan fingerprint density at radius 3 is 2.69 bits per heavy atom. The molecule has 1 aliphatic heterocycles. The smallest absolute Gasteiger partial charge is 0.407 e. The molecule has 2 aromatic rings. The van der Waals surface area contributed by atoms with Gasteiger partial charge in [-0.3, -0.25) is 0 Å². The van der Waals surface area contributed by atoms with Crippen molar-refractivity contribution in [3.63, 3.8) is 0 Å². The Kier molecular flexibility index (Phi) is 6.21.